The quantitative estimate of drug-likeness (QED) is 0.243. The zero-order valence-corrected chi connectivity index (χ0v) is 20.0. The number of nitrogens with one attached hydrogen (secondary N) is 1. The molecule has 4 rings (SSSR count). The van der Waals surface area contributed by atoms with Gasteiger partial charge in [0.15, 0.2) is 5.65 Å². The standard InChI is InChI=1S/C25H27F2N5OS/c1-16(2)14-28-22(33)5-3-4-12-34-25-29-24-23(30-31-25)20-13-19(27)10-11-21(20)32(24)15-17-6-8-18(26)9-7-17/h6-11,13,16H,3-5,12,14-15H2,1-2H3,(H,28,33). The predicted molar refractivity (Wildman–Crippen MR) is 131 cm³/mol. The molecule has 4 aromatic rings. The number of thioether (sulfide) groups is 1. The van der Waals surface area contributed by atoms with Crippen molar-refractivity contribution in [3.63, 3.8) is 0 Å². The van der Waals surface area contributed by atoms with Gasteiger partial charge in [-0.05, 0) is 54.7 Å². The van der Waals surface area contributed by atoms with E-state index in [0.717, 1.165) is 29.7 Å². The van der Waals surface area contributed by atoms with E-state index in [-0.39, 0.29) is 17.5 Å². The van der Waals surface area contributed by atoms with Gasteiger partial charge in [0.1, 0.15) is 17.2 Å². The Kier molecular flexibility index (Phi) is 7.72. The molecule has 0 unspecified atom stereocenters. The van der Waals surface area contributed by atoms with Crippen LogP contribution in [0.25, 0.3) is 22.1 Å². The van der Waals surface area contributed by atoms with Crippen LogP contribution in [0.5, 0.6) is 0 Å². The fourth-order valence-corrected chi connectivity index (χ4v) is 4.44. The lowest BCUT2D eigenvalue weighted by Crippen LogP contribution is -2.26. The molecule has 0 bridgehead atoms. The molecular weight excluding hydrogens is 456 g/mol. The van der Waals surface area contributed by atoms with Gasteiger partial charge in [0, 0.05) is 30.6 Å². The van der Waals surface area contributed by atoms with Crippen molar-refractivity contribution < 1.29 is 13.6 Å². The van der Waals surface area contributed by atoms with E-state index in [1.165, 1.54) is 36.0 Å². The topological polar surface area (TPSA) is 72.7 Å². The predicted octanol–water partition coefficient (Wildman–Crippen LogP) is 5.34. The molecular formula is C25H27F2N5OS. The number of aromatic nitrogens is 4. The van der Waals surface area contributed by atoms with Crippen LogP contribution in [-0.2, 0) is 11.3 Å². The second-order valence-electron chi connectivity index (χ2n) is 8.64. The smallest absolute Gasteiger partial charge is 0.220 e. The van der Waals surface area contributed by atoms with E-state index >= 15 is 0 Å². The van der Waals surface area contributed by atoms with E-state index in [1.807, 2.05) is 4.57 Å². The van der Waals surface area contributed by atoms with Gasteiger partial charge in [-0.2, -0.15) is 0 Å². The number of amides is 1. The Bertz CT molecular complexity index is 1290. The molecule has 0 spiro atoms. The summed E-state index contributed by atoms with van der Waals surface area (Å²) in [7, 11) is 0. The van der Waals surface area contributed by atoms with E-state index in [9.17, 15) is 13.6 Å². The van der Waals surface area contributed by atoms with Gasteiger partial charge < -0.3 is 9.88 Å². The van der Waals surface area contributed by atoms with Crippen LogP contribution < -0.4 is 5.32 Å². The first-order valence-corrected chi connectivity index (χ1v) is 12.4. The number of nitrogens with zero attached hydrogens (tertiary/aromatic N) is 4. The number of fused-ring (bicyclic) bond motifs is 3. The van der Waals surface area contributed by atoms with Crippen molar-refractivity contribution in [1.82, 2.24) is 25.1 Å². The number of unbranched alkanes of at least 4 members (excludes halogenated alkanes) is 1. The summed E-state index contributed by atoms with van der Waals surface area (Å²) in [4.78, 5) is 16.6. The van der Waals surface area contributed by atoms with Crippen LogP contribution >= 0.6 is 11.8 Å². The molecule has 0 atom stereocenters. The zero-order chi connectivity index (χ0) is 24.1. The summed E-state index contributed by atoms with van der Waals surface area (Å²) in [6.07, 6.45) is 2.14. The van der Waals surface area contributed by atoms with Crippen molar-refractivity contribution in [2.24, 2.45) is 5.92 Å². The molecule has 0 saturated heterocycles. The maximum absolute atomic E-state index is 14.0. The van der Waals surface area contributed by atoms with Crippen LogP contribution in [0.15, 0.2) is 47.6 Å². The van der Waals surface area contributed by atoms with Gasteiger partial charge in [0.05, 0.1) is 5.52 Å². The molecule has 1 amide bonds. The van der Waals surface area contributed by atoms with E-state index in [1.54, 1.807) is 18.2 Å². The lowest BCUT2D eigenvalue weighted by Gasteiger charge is -2.08. The Balaban J connectivity index is 1.49. The number of carbonyl (C=O) groups excluding carboxylic acids is 1. The Morgan fingerprint density at radius 3 is 2.59 bits per heavy atom. The average molecular weight is 484 g/mol. The lowest BCUT2D eigenvalue weighted by molar-refractivity contribution is -0.121. The number of hydrogen-bond donors (Lipinski definition) is 1. The molecule has 0 saturated carbocycles. The molecule has 0 aliphatic carbocycles. The second-order valence-corrected chi connectivity index (χ2v) is 9.71. The first-order valence-electron chi connectivity index (χ1n) is 11.4. The van der Waals surface area contributed by atoms with Crippen LogP contribution in [0.4, 0.5) is 8.78 Å². The van der Waals surface area contributed by atoms with E-state index in [0.29, 0.717) is 47.1 Å². The molecule has 0 aliphatic rings. The number of rotatable bonds is 10. The molecule has 0 radical (unpaired) electrons. The number of benzene rings is 2. The number of halogens is 2. The van der Waals surface area contributed by atoms with Gasteiger partial charge in [0.25, 0.3) is 0 Å². The monoisotopic (exact) mass is 483 g/mol. The Labute approximate surface area is 201 Å². The van der Waals surface area contributed by atoms with Gasteiger partial charge in [-0.15, -0.1) is 10.2 Å². The molecule has 6 nitrogen and oxygen atoms in total. The minimum absolute atomic E-state index is 0.0792. The van der Waals surface area contributed by atoms with Gasteiger partial charge in [-0.25, -0.2) is 13.8 Å². The normalized spacial score (nSPS) is 11.6. The highest BCUT2D eigenvalue weighted by molar-refractivity contribution is 7.99. The fourth-order valence-electron chi connectivity index (χ4n) is 3.66. The highest BCUT2D eigenvalue weighted by Gasteiger charge is 2.16. The van der Waals surface area contributed by atoms with Gasteiger partial charge in [0.2, 0.25) is 11.1 Å². The van der Waals surface area contributed by atoms with Crippen molar-refractivity contribution in [2.45, 2.75) is 44.8 Å². The van der Waals surface area contributed by atoms with Crippen LogP contribution in [0, 0.1) is 17.6 Å². The second kappa shape index (κ2) is 10.9. The summed E-state index contributed by atoms with van der Waals surface area (Å²) < 4.78 is 29.3. The molecule has 9 heteroatoms. The maximum atomic E-state index is 14.0. The first-order chi connectivity index (χ1) is 16.4. The summed E-state index contributed by atoms with van der Waals surface area (Å²) in [6, 6.07) is 10.8. The summed E-state index contributed by atoms with van der Waals surface area (Å²) in [6.45, 7) is 5.28. The lowest BCUT2D eigenvalue weighted by atomic mass is 10.2. The fraction of sp³-hybridized carbons (Fsp3) is 0.360. The largest absolute Gasteiger partial charge is 0.356 e. The minimum Gasteiger partial charge on any atom is -0.356 e. The minimum atomic E-state index is -0.356. The molecule has 2 heterocycles. The summed E-state index contributed by atoms with van der Waals surface area (Å²) in [5, 5.41) is 12.7. The molecule has 0 fully saturated rings. The van der Waals surface area contributed by atoms with Gasteiger partial charge >= 0.3 is 0 Å². The summed E-state index contributed by atoms with van der Waals surface area (Å²) >= 11 is 1.48. The Morgan fingerprint density at radius 2 is 1.82 bits per heavy atom. The van der Waals surface area contributed by atoms with Gasteiger partial charge in [-0.3, -0.25) is 4.79 Å². The third-order valence-corrected chi connectivity index (χ3v) is 6.32. The van der Waals surface area contributed by atoms with E-state index in [2.05, 4.69) is 29.4 Å². The third kappa shape index (κ3) is 5.88. The van der Waals surface area contributed by atoms with Crippen LogP contribution in [0.2, 0.25) is 0 Å². The van der Waals surface area contributed by atoms with Crippen molar-refractivity contribution >= 4 is 39.7 Å². The SMILES string of the molecule is CC(C)CNC(=O)CCCCSc1nnc2c3cc(F)ccc3n(Cc3ccc(F)cc3)c2n1. The maximum Gasteiger partial charge on any atom is 0.220 e. The Morgan fingerprint density at radius 1 is 1.06 bits per heavy atom. The van der Waals surface area contributed by atoms with E-state index < -0.39 is 0 Å². The van der Waals surface area contributed by atoms with Crippen molar-refractivity contribution in [3.8, 4) is 0 Å². The van der Waals surface area contributed by atoms with Crippen molar-refractivity contribution in [2.75, 3.05) is 12.3 Å². The average Bonchev–Trinajstić information content (AvgIpc) is 3.11. The number of carbonyl (C=O) groups is 1. The van der Waals surface area contributed by atoms with Crippen molar-refractivity contribution in [1.29, 1.82) is 0 Å². The molecule has 2 aromatic carbocycles. The molecule has 1 N–H and O–H groups in total. The first kappa shape index (κ1) is 24.1. The van der Waals surface area contributed by atoms with Gasteiger partial charge in [-0.1, -0.05) is 37.7 Å². The summed E-state index contributed by atoms with van der Waals surface area (Å²) in [5.41, 5.74) is 2.82. The Hall–Kier alpha value is -3.07. The zero-order valence-electron chi connectivity index (χ0n) is 19.2. The van der Waals surface area contributed by atoms with Crippen LogP contribution in [-0.4, -0.2) is 38.0 Å². The highest BCUT2D eigenvalue weighted by atomic mass is 32.2. The van der Waals surface area contributed by atoms with Crippen LogP contribution in [0.3, 0.4) is 0 Å². The molecule has 0 aliphatic heterocycles. The summed E-state index contributed by atoms with van der Waals surface area (Å²) in [5.74, 6) is 0.626. The van der Waals surface area contributed by atoms with Crippen molar-refractivity contribution in [3.05, 3.63) is 59.7 Å². The highest BCUT2D eigenvalue weighted by Crippen LogP contribution is 2.29. The van der Waals surface area contributed by atoms with Crippen LogP contribution in [0.1, 0.15) is 38.7 Å². The third-order valence-electron chi connectivity index (χ3n) is 5.40. The molecule has 34 heavy (non-hydrogen) atoms. The molecule has 2 aromatic heterocycles. The number of hydrogen-bond acceptors (Lipinski definition) is 5. The van der Waals surface area contributed by atoms with E-state index in [4.69, 9.17) is 4.98 Å². The molecule has 178 valence electrons.